The van der Waals surface area contributed by atoms with Gasteiger partial charge in [-0.25, -0.2) is 0 Å². The van der Waals surface area contributed by atoms with Gasteiger partial charge in [0.05, 0.1) is 0 Å². The van der Waals surface area contributed by atoms with Gasteiger partial charge < -0.3 is 9.32 Å². The number of hydrogen-bond acceptors (Lipinski definition) is 2. The van der Waals surface area contributed by atoms with E-state index in [1.807, 2.05) is 18.2 Å². The predicted molar refractivity (Wildman–Crippen MR) is 228 cm³/mol. The molecule has 2 nitrogen and oxygen atoms in total. The van der Waals surface area contributed by atoms with E-state index in [1.165, 1.54) is 43.8 Å². The minimum atomic E-state index is 0.873. The van der Waals surface area contributed by atoms with Crippen LogP contribution < -0.4 is 4.90 Å². The van der Waals surface area contributed by atoms with Crippen molar-refractivity contribution in [3.8, 4) is 44.7 Å². The van der Waals surface area contributed by atoms with E-state index < -0.39 is 0 Å². The van der Waals surface area contributed by atoms with Gasteiger partial charge in [-0.05, 0) is 116 Å². The molecule has 10 aromatic rings. The fourth-order valence-corrected chi connectivity index (χ4v) is 7.70. The highest BCUT2D eigenvalue weighted by atomic mass is 16.3. The van der Waals surface area contributed by atoms with Gasteiger partial charge in [-0.1, -0.05) is 152 Å². The van der Waals surface area contributed by atoms with Gasteiger partial charge in [0.1, 0.15) is 11.3 Å². The van der Waals surface area contributed by atoms with Crippen molar-refractivity contribution < 1.29 is 4.42 Å². The van der Waals surface area contributed by atoms with Crippen LogP contribution in [-0.4, -0.2) is 0 Å². The molecule has 0 aliphatic rings. The maximum Gasteiger partial charge on any atom is 0.135 e. The smallest absolute Gasteiger partial charge is 0.135 e. The van der Waals surface area contributed by atoms with Crippen molar-refractivity contribution in [1.82, 2.24) is 0 Å². The van der Waals surface area contributed by atoms with Gasteiger partial charge >= 0.3 is 0 Å². The standard InChI is InChI=1S/C52H35NO/c1-3-12-36(13-4-1)44-31-45(37-14-5-2-6-15-37)34-48(33-44)53(47-28-29-50-41(32-47)23-22-39-16-7-9-20-49(39)50)46-26-24-38(25-27-46)40-18-11-19-42(30-40)52-35-43-17-8-10-21-51(43)54-52/h1-35H. The lowest BCUT2D eigenvalue weighted by atomic mass is 9.96. The Balaban J connectivity index is 1.11. The van der Waals surface area contributed by atoms with E-state index in [2.05, 4.69) is 199 Å². The van der Waals surface area contributed by atoms with Gasteiger partial charge in [-0.3, -0.25) is 0 Å². The van der Waals surface area contributed by atoms with E-state index in [1.54, 1.807) is 0 Å². The number of furan rings is 1. The van der Waals surface area contributed by atoms with Crippen molar-refractivity contribution in [2.45, 2.75) is 0 Å². The monoisotopic (exact) mass is 689 g/mol. The first-order valence-corrected chi connectivity index (χ1v) is 18.4. The third-order valence-electron chi connectivity index (χ3n) is 10.4. The fraction of sp³-hybridized carbons (Fsp3) is 0. The number of anilines is 3. The lowest BCUT2D eigenvalue weighted by molar-refractivity contribution is 0.631. The zero-order chi connectivity index (χ0) is 35.8. The fourth-order valence-electron chi connectivity index (χ4n) is 7.70. The average molecular weight is 690 g/mol. The Morgan fingerprint density at radius 3 is 1.57 bits per heavy atom. The molecule has 9 aromatic carbocycles. The van der Waals surface area contributed by atoms with Crippen LogP contribution in [0, 0.1) is 0 Å². The maximum absolute atomic E-state index is 6.22. The van der Waals surface area contributed by atoms with Crippen LogP contribution in [0.3, 0.4) is 0 Å². The number of fused-ring (bicyclic) bond motifs is 4. The summed E-state index contributed by atoms with van der Waals surface area (Å²) in [6.07, 6.45) is 0. The van der Waals surface area contributed by atoms with Gasteiger partial charge in [0, 0.05) is 28.0 Å². The highest BCUT2D eigenvalue weighted by molar-refractivity contribution is 6.08. The summed E-state index contributed by atoms with van der Waals surface area (Å²) in [4.78, 5) is 2.39. The number of rotatable bonds is 7. The molecule has 254 valence electrons. The van der Waals surface area contributed by atoms with Crippen LogP contribution in [0.1, 0.15) is 0 Å². The quantitative estimate of drug-likeness (QED) is 0.155. The third kappa shape index (κ3) is 5.90. The summed E-state index contributed by atoms with van der Waals surface area (Å²) in [6.45, 7) is 0. The minimum absolute atomic E-state index is 0.873. The molecule has 0 aliphatic carbocycles. The van der Waals surface area contributed by atoms with Crippen molar-refractivity contribution in [3.05, 3.63) is 212 Å². The SMILES string of the molecule is c1ccc(-c2cc(-c3ccccc3)cc(N(c3ccc(-c4cccc(-c5cc6ccccc6o5)c4)cc3)c3ccc4c(ccc5ccccc54)c3)c2)cc1. The first kappa shape index (κ1) is 31.6. The van der Waals surface area contributed by atoms with Gasteiger partial charge in [0.15, 0.2) is 0 Å². The molecule has 10 rings (SSSR count). The highest BCUT2D eigenvalue weighted by Crippen LogP contribution is 2.42. The van der Waals surface area contributed by atoms with Gasteiger partial charge in [-0.15, -0.1) is 0 Å². The molecule has 0 unspecified atom stereocenters. The number of benzene rings is 9. The molecule has 0 saturated heterocycles. The molecule has 0 atom stereocenters. The molecule has 0 aliphatic heterocycles. The van der Waals surface area contributed by atoms with Crippen LogP contribution in [0.25, 0.3) is 77.2 Å². The van der Waals surface area contributed by atoms with Crippen molar-refractivity contribution in [2.24, 2.45) is 0 Å². The van der Waals surface area contributed by atoms with Crippen LogP contribution in [0.15, 0.2) is 217 Å². The number of hydrogen-bond donors (Lipinski definition) is 0. The molecule has 0 fully saturated rings. The summed E-state index contributed by atoms with van der Waals surface area (Å²) >= 11 is 0. The van der Waals surface area contributed by atoms with E-state index in [9.17, 15) is 0 Å². The summed E-state index contributed by atoms with van der Waals surface area (Å²) in [5.41, 5.74) is 12.2. The largest absolute Gasteiger partial charge is 0.456 e. The Morgan fingerprint density at radius 1 is 0.278 bits per heavy atom. The van der Waals surface area contributed by atoms with Crippen LogP contribution in [0.4, 0.5) is 17.1 Å². The Labute approximate surface area is 314 Å². The Kier molecular flexibility index (Phi) is 7.85. The molecule has 0 N–H and O–H groups in total. The van der Waals surface area contributed by atoms with E-state index in [0.29, 0.717) is 0 Å². The zero-order valence-electron chi connectivity index (χ0n) is 29.6. The van der Waals surface area contributed by atoms with Crippen LogP contribution in [-0.2, 0) is 0 Å². The summed E-state index contributed by atoms with van der Waals surface area (Å²) < 4.78 is 6.22. The lowest BCUT2D eigenvalue weighted by Gasteiger charge is -2.27. The Morgan fingerprint density at radius 2 is 0.833 bits per heavy atom. The molecule has 0 radical (unpaired) electrons. The van der Waals surface area contributed by atoms with E-state index in [4.69, 9.17) is 4.42 Å². The molecule has 0 saturated carbocycles. The van der Waals surface area contributed by atoms with Crippen LogP contribution >= 0.6 is 0 Å². The summed E-state index contributed by atoms with van der Waals surface area (Å²) in [6, 6.07) is 76.1. The maximum atomic E-state index is 6.22. The average Bonchev–Trinajstić information content (AvgIpc) is 3.69. The summed E-state index contributed by atoms with van der Waals surface area (Å²) in [5, 5.41) is 6.07. The molecular formula is C52H35NO. The van der Waals surface area contributed by atoms with E-state index in [-0.39, 0.29) is 0 Å². The van der Waals surface area contributed by atoms with Gasteiger partial charge in [-0.2, -0.15) is 0 Å². The normalized spacial score (nSPS) is 11.3. The second-order valence-electron chi connectivity index (χ2n) is 13.8. The van der Waals surface area contributed by atoms with Crippen molar-refractivity contribution in [2.75, 3.05) is 4.90 Å². The van der Waals surface area contributed by atoms with Gasteiger partial charge in [0.25, 0.3) is 0 Å². The Bertz CT molecular complexity index is 2830. The molecule has 2 heteroatoms. The minimum Gasteiger partial charge on any atom is -0.456 e. The predicted octanol–water partition coefficient (Wildman–Crippen LogP) is 14.9. The third-order valence-corrected chi connectivity index (χ3v) is 10.4. The second kappa shape index (κ2) is 13.4. The molecule has 1 heterocycles. The van der Waals surface area contributed by atoms with E-state index >= 15 is 0 Å². The lowest BCUT2D eigenvalue weighted by Crippen LogP contribution is -2.10. The number of para-hydroxylation sites is 1. The molecular weight excluding hydrogens is 655 g/mol. The van der Waals surface area contributed by atoms with Crippen molar-refractivity contribution in [3.63, 3.8) is 0 Å². The first-order valence-electron chi connectivity index (χ1n) is 18.4. The summed E-state index contributed by atoms with van der Waals surface area (Å²) in [5.74, 6) is 0.873. The molecule has 54 heavy (non-hydrogen) atoms. The van der Waals surface area contributed by atoms with Crippen molar-refractivity contribution in [1.29, 1.82) is 0 Å². The topological polar surface area (TPSA) is 16.4 Å². The van der Waals surface area contributed by atoms with Gasteiger partial charge in [0.2, 0.25) is 0 Å². The highest BCUT2D eigenvalue weighted by Gasteiger charge is 2.17. The van der Waals surface area contributed by atoms with Crippen molar-refractivity contribution >= 4 is 49.6 Å². The Hall–Kier alpha value is -7.16. The summed E-state index contributed by atoms with van der Waals surface area (Å²) in [7, 11) is 0. The second-order valence-corrected chi connectivity index (χ2v) is 13.8. The number of nitrogens with zero attached hydrogens (tertiary/aromatic N) is 1. The zero-order valence-corrected chi connectivity index (χ0v) is 29.6. The molecule has 0 amide bonds. The molecule has 0 spiro atoms. The first-order chi connectivity index (χ1) is 26.7. The molecule has 1 aromatic heterocycles. The van der Waals surface area contributed by atoms with Crippen LogP contribution in [0.2, 0.25) is 0 Å². The molecule has 0 bridgehead atoms. The van der Waals surface area contributed by atoms with E-state index in [0.717, 1.165) is 50.5 Å². The van der Waals surface area contributed by atoms with Crippen LogP contribution in [0.5, 0.6) is 0 Å².